The van der Waals surface area contributed by atoms with E-state index in [4.69, 9.17) is 14.2 Å². The van der Waals surface area contributed by atoms with Crippen molar-refractivity contribution in [3.8, 4) is 11.5 Å². The van der Waals surface area contributed by atoms with Gasteiger partial charge >= 0.3 is 5.97 Å². The van der Waals surface area contributed by atoms with Gasteiger partial charge in [0.25, 0.3) is 5.56 Å². The van der Waals surface area contributed by atoms with Crippen molar-refractivity contribution in [2.45, 2.75) is 39.7 Å². The predicted molar refractivity (Wildman–Crippen MR) is 133 cm³/mol. The van der Waals surface area contributed by atoms with Crippen molar-refractivity contribution in [3.05, 3.63) is 90.1 Å². The number of carbonyl (C=O) groups excluding carboxylic acids is 1. The van der Waals surface area contributed by atoms with Crippen LogP contribution in [-0.2, 0) is 9.53 Å². The second kappa shape index (κ2) is 9.19. The average molecular weight is 491 g/mol. The Balaban J connectivity index is 1.68. The molecule has 0 N–H and O–H groups in total. The Morgan fingerprint density at radius 1 is 1.20 bits per heavy atom. The van der Waals surface area contributed by atoms with Crippen LogP contribution in [0.15, 0.2) is 63.5 Å². The van der Waals surface area contributed by atoms with Crippen LogP contribution in [0.3, 0.4) is 0 Å². The van der Waals surface area contributed by atoms with Crippen molar-refractivity contribution in [1.82, 2.24) is 4.57 Å². The molecule has 0 saturated heterocycles. The molecule has 3 heterocycles. The average Bonchev–Trinajstić information content (AvgIpc) is 3.42. The Labute approximate surface area is 206 Å². The van der Waals surface area contributed by atoms with Gasteiger partial charge < -0.3 is 14.2 Å². The minimum Gasteiger partial charge on any atom is -0.463 e. The second-order valence-corrected chi connectivity index (χ2v) is 9.75. The smallest absolute Gasteiger partial charge is 0.338 e. The first-order valence-electron chi connectivity index (χ1n) is 11.6. The molecule has 35 heavy (non-hydrogen) atoms. The first kappa shape index (κ1) is 23.1. The quantitative estimate of drug-likeness (QED) is 0.510. The van der Waals surface area contributed by atoms with Gasteiger partial charge in [0, 0.05) is 0 Å². The molecule has 180 valence electrons. The third-order valence-corrected chi connectivity index (χ3v) is 7.11. The standard InChI is InChI=1S/C27H26N2O5S/c1-5-32-26(31)23-16(4)28-27-29(24(23)19-10-11-20-21(13-19)34-14-33-20)25(30)22(35-27)12-17-6-8-18(9-7-17)15(2)3/h6-13,15,24H,5,14H2,1-4H3/b22-12+. The van der Waals surface area contributed by atoms with Crippen molar-refractivity contribution < 1.29 is 19.0 Å². The zero-order chi connectivity index (χ0) is 24.7. The lowest BCUT2D eigenvalue weighted by atomic mass is 9.95. The Bertz CT molecular complexity index is 1510. The molecule has 0 spiro atoms. The summed E-state index contributed by atoms with van der Waals surface area (Å²) >= 11 is 1.31. The summed E-state index contributed by atoms with van der Waals surface area (Å²) in [5, 5.41) is 0. The van der Waals surface area contributed by atoms with Crippen molar-refractivity contribution in [2.24, 2.45) is 4.99 Å². The molecule has 0 saturated carbocycles. The Hall–Kier alpha value is -3.65. The van der Waals surface area contributed by atoms with Crippen molar-refractivity contribution in [3.63, 3.8) is 0 Å². The van der Waals surface area contributed by atoms with Crippen LogP contribution in [-0.4, -0.2) is 23.9 Å². The van der Waals surface area contributed by atoms with E-state index in [1.54, 1.807) is 24.5 Å². The fraction of sp³-hybridized carbons (Fsp3) is 0.296. The Morgan fingerprint density at radius 2 is 1.94 bits per heavy atom. The molecule has 0 aliphatic carbocycles. The normalized spacial score (nSPS) is 16.9. The number of nitrogens with zero attached hydrogens (tertiary/aromatic N) is 2. The van der Waals surface area contributed by atoms with E-state index in [-0.39, 0.29) is 19.0 Å². The van der Waals surface area contributed by atoms with Crippen LogP contribution in [0.1, 0.15) is 56.3 Å². The first-order chi connectivity index (χ1) is 16.9. The van der Waals surface area contributed by atoms with E-state index in [0.29, 0.717) is 38.0 Å². The van der Waals surface area contributed by atoms with Gasteiger partial charge in [0.2, 0.25) is 6.79 Å². The molecule has 2 aromatic carbocycles. The van der Waals surface area contributed by atoms with Crippen molar-refractivity contribution >= 4 is 23.4 Å². The molecule has 0 amide bonds. The summed E-state index contributed by atoms with van der Waals surface area (Å²) in [6, 6.07) is 12.9. The molecule has 8 heteroatoms. The van der Waals surface area contributed by atoms with Crippen LogP contribution < -0.4 is 24.4 Å². The van der Waals surface area contributed by atoms with E-state index in [1.807, 2.05) is 30.3 Å². The minimum absolute atomic E-state index is 0.136. The first-order valence-corrected chi connectivity index (χ1v) is 12.4. The number of benzene rings is 2. The third-order valence-electron chi connectivity index (χ3n) is 6.13. The molecule has 0 radical (unpaired) electrons. The van der Waals surface area contributed by atoms with Gasteiger partial charge in [0.05, 0.1) is 28.5 Å². The van der Waals surface area contributed by atoms with Crippen LogP contribution in [0.5, 0.6) is 11.5 Å². The lowest BCUT2D eigenvalue weighted by Crippen LogP contribution is -2.39. The van der Waals surface area contributed by atoms with Crippen LogP contribution in [0, 0.1) is 0 Å². The Morgan fingerprint density at radius 3 is 2.66 bits per heavy atom. The van der Waals surface area contributed by atoms with Gasteiger partial charge in [-0.25, -0.2) is 9.79 Å². The summed E-state index contributed by atoms with van der Waals surface area (Å²) in [4.78, 5) is 31.9. The molecular weight excluding hydrogens is 464 g/mol. The molecule has 1 atom stereocenters. The number of thiazole rings is 1. The molecule has 0 bridgehead atoms. The van der Waals surface area contributed by atoms with E-state index in [0.717, 1.165) is 11.1 Å². The summed E-state index contributed by atoms with van der Waals surface area (Å²) in [5.74, 6) is 1.15. The molecule has 1 aromatic heterocycles. The number of allylic oxidation sites excluding steroid dienone is 1. The summed E-state index contributed by atoms with van der Waals surface area (Å²) in [7, 11) is 0. The van der Waals surface area contributed by atoms with Gasteiger partial charge in [0.15, 0.2) is 16.3 Å². The number of carbonyl (C=O) groups is 1. The summed E-state index contributed by atoms with van der Waals surface area (Å²) in [6.45, 7) is 8.17. The van der Waals surface area contributed by atoms with Gasteiger partial charge in [-0.05, 0) is 54.7 Å². The summed E-state index contributed by atoms with van der Waals surface area (Å²) < 4.78 is 18.5. The lowest BCUT2D eigenvalue weighted by Gasteiger charge is -2.24. The SMILES string of the molecule is CCOC(=O)C1=C(C)N=c2s/c(=C/c3ccc(C(C)C)cc3)c(=O)n2C1c1ccc2c(c1)OCO2. The fourth-order valence-electron chi connectivity index (χ4n) is 4.32. The van der Waals surface area contributed by atoms with E-state index in [2.05, 4.69) is 31.0 Å². The van der Waals surface area contributed by atoms with Gasteiger partial charge in [0.1, 0.15) is 0 Å². The van der Waals surface area contributed by atoms with E-state index < -0.39 is 12.0 Å². The van der Waals surface area contributed by atoms with E-state index >= 15 is 0 Å². The number of rotatable bonds is 5. The maximum atomic E-state index is 13.7. The molecule has 2 aliphatic rings. The number of esters is 1. The highest BCUT2D eigenvalue weighted by atomic mass is 32.1. The van der Waals surface area contributed by atoms with E-state index in [9.17, 15) is 9.59 Å². The van der Waals surface area contributed by atoms with Crippen molar-refractivity contribution in [2.75, 3.05) is 13.4 Å². The van der Waals surface area contributed by atoms with Gasteiger partial charge in [-0.1, -0.05) is 55.5 Å². The highest BCUT2D eigenvalue weighted by molar-refractivity contribution is 7.07. The fourth-order valence-corrected chi connectivity index (χ4v) is 5.37. The topological polar surface area (TPSA) is 79.1 Å². The number of hydrogen-bond acceptors (Lipinski definition) is 7. The van der Waals surface area contributed by atoms with E-state index in [1.165, 1.54) is 16.9 Å². The van der Waals surface area contributed by atoms with Gasteiger partial charge in [-0.3, -0.25) is 9.36 Å². The molecule has 0 fully saturated rings. The zero-order valence-corrected chi connectivity index (χ0v) is 20.8. The number of hydrogen-bond donors (Lipinski definition) is 0. The van der Waals surface area contributed by atoms with Gasteiger partial charge in [-0.15, -0.1) is 0 Å². The van der Waals surface area contributed by atoms with Crippen LogP contribution >= 0.6 is 11.3 Å². The second-order valence-electron chi connectivity index (χ2n) is 8.74. The maximum absolute atomic E-state index is 13.7. The Kier molecular flexibility index (Phi) is 6.06. The highest BCUT2D eigenvalue weighted by Crippen LogP contribution is 2.38. The number of fused-ring (bicyclic) bond motifs is 2. The molecule has 2 aliphatic heterocycles. The molecule has 3 aromatic rings. The number of ether oxygens (including phenoxy) is 3. The monoisotopic (exact) mass is 490 g/mol. The number of aromatic nitrogens is 1. The van der Waals surface area contributed by atoms with Gasteiger partial charge in [-0.2, -0.15) is 0 Å². The molecule has 7 nitrogen and oxygen atoms in total. The van der Waals surface area contributed by atoms with Crippen LogP contribution in [0.25, 0.3) is 6.08 Å². The largest absolute Gasteiger partial charge is 0.463 e. The van der Waals surface area contributed by atoms with Crippen LogP contribution in [0.2, 0.25) is 0 Å². The lowest BCUT2D eigenvalue weighted by molar-refractivity contribution is -0.139. The zero-order valence-electron chi connectivity index (χ0n) is 20.0. The molecule has 5 rings (SSSR count). The van der Waals surface area contributed by atoms with Crippen molar-refractivity contribution in [1.29, 1.82) is 0 Å². The predicted octanol–water partition coefficient (Wildman–Crippen LogP) is 3.65. The minimum atomic E-state index is -0.690. The highest BCUT2D eigenvalue weighted by Gasteiger charge is 2.34. The summed E-state index contributed by atoms with van der Waals surface area (Å²) in [6.07, 6.45) is 1.87. The maximum Gasteiger partial charge on any atom is 0.338 e. The molecular formula is C27H26N2O5S. The van der Waals surface area contributed by atoms with Crippen LogP contribution in [0.4, 0.5) is 0 Å². The summed E-state index contributed by atoms with van der Waals surface area (Å²) in [5.41, 5.74) is 3.55. The molecule has 1 unspecified atom stereocenters. The third kappa shape index (κ3) is 4.18.